The Morgan fingerprint density at radius 1 is 1.11 bits per heavy atom. The maximum Gasteiger partial charge on any atom is 0.258 e. The summed E-state index contributed by atoms with van der Waals surface area (Å²) >= 11 is 1.22. The first-order chi connectivity index (χ1) is 13.3. The van der Waals surface area contributed by atoms with E-state index in [0.29, 0.717) is 22.3 Å². The molecule has 1 heterocycles. The molecule has 7 nitrogen and oxygen atoms in total. The summed E-state index contributed by atoms with van der Waals surface area (Å²) in [6.45, 7) is 0. The van der Waals surface area contributed by atoms with E-state index >= 15 is 0 Å². The van der Waals surface area contributed by atoms with E-state index in [9.17, 15) is 13.2 Å². The van der Waals surface area contributed by atoms with Crippen LogP contribution in [0.2, 0.25) is 0 Å². The van der Waals surface area contributed by atoms with Gasteiger partial charge in [0, 0.05) is 17.2 Å². The number of carbonyl (C=O) groups is 1. The van der Waals surface area contributed by atoms with E-state index in [1.54, 1.807) is 49.9 Å². The van der Waals surface area contributed by atoms with E-state index in [2.05, 4.69) is 10.3 Å². The van der Waals surface area contributed by atoms with Crippen LogP contribution in [0.4, 0.5) is 5.13 Å². The van der Waals surface area contributed by atoms with Crippen LogP contribution in [0.15, 0.2) is 52.7 Å². The molecule has 0 saturated carbocycles. The van der Waals surface area contributed by atoms with Crippen LogP contribution < -0.4 is 14.8 Å². The number of benzene rings is 2. The SMILES string of the molecule is COc1ccc(OC)c(-c2csc(NC(=O)c3ccccc3S(C)(=O)=O)n2)c1. The van der Waals surface area contributed by atoms with E-state index in [1.807, 2.05) is 0 Å². The fraction of sp³-hybridized carbons (Fsp3) is 0.158. The van der Waals surface area contributed by atoms with E-state index < -0.39 is 15.7 Å². The van der Waals surface area contributed by atoms with E-state index in [1.165, 1.54) is 23.5 Å². The molecule has 3 aromatic rings. The summed E-state index contributed by atoms with van der Waals surface area (Å²) in [7, 11) is -0.409. The Hall–Kier alpha value is -2.91. The number of nitrogens with zero attached hydrogens (tertiary/aromatic N) is 1. The molecule has 1 N–H and O–H groups in total. The van der Waals surface area contributed by atoms with Crippen LogP contribution in [-0.4, -0.2) is 39.8 Å². The predicted octanol–water partition coefficient (Wildman–Crippen LogP) is 3.48. The van der Waals surface area contributed by atoms with Gasteiger partial charge in [-0.3, -0.25) is 10.1 Å². The molecule has 146 valence electrons. The highest BCUT2D eigenvalue weighted by Crippen LogP contribution is 2.35. The van der Waals surface area contributed by atoms with Gasteiger partial charge in [-0.15, -0.1) is 11.3 Å². The highest BCUT2D eigenvalue weighted by molar-refractivity contribution is 7.90. The van der Waals surface area contributed by atoms with Crippen molar-refractivity contribution in [2.24, 2.45) is 0 Å². The molecular weight excluding hydrogens is 400 g/mol. The number of methoxy groups -OCH3 is 2. The topological polar surface area (TPSA) is 94.6 Å². The Morgan fingerprint density at radius 3 is 2.54 bits per heavy atom. The van der Waals surface area contributed by atoms with Gasteiger partial charge in [0.2, 0.25) is 0 Å². The zero-order valence-electron chi connectivity index (χ0n) is 15.4. The summed E-state index contributed by atoms with van der Waals surface area (Å²) in [5.41, 5.74) is 1.39. The molecule has 0 bridgehead atoms. The standard InChI is InChI=1S/C19H18N2O5S2/c1-25-12-8-9-16(26-2)14(10-12)15-11-27-19(20-15)21-18(22)13-6-4-5-7-17(13)28(3,23)24/h4-11H,1-3H3,(H,20,21,22). The summed E-state index contributed by atoms with van der Waals surface area (Å²) in [6, 6.07) is 11.4. The molecular formula is C19H18N2O5S2. The number of ether oxygens (including phenoxy) is 2. The molecule has 0 saturated heterocycles. The molecule has 0 spiro atoms. The minimum Gasteiger partial charge on any atom is -0.497 e. The Kier molecular flexibility index (Phi) is 5.66. The molecule has 1 amide bonds. The van der Waals surface area contributed by atoms with Crippen molar-refractivity contribution in [3.8, 4) is 22.8 Å². The molecule has 0 unspecified atom stereocenters. The zero-order valence-corrected chi connectivity index (χ0v) is 17.1. The highest BCUT2D eigenvalue weighted by Gasteiger charge is 2.19. The lowest BCUT2D eigenvalue weighted by molar-refractivity contribution is 0.102. The van der Waals surface area contributed by atoms with Gasteiger partial charge < -0.3 is 9.47 Å². The lowest BCUT2D eigenvalue weighted by Gasteiger charge is -2.08. The Balaban J connectivity index is 1.90. The molecule has 0 atom stereocenters. The van der Waals surface area contributed by atoms with Crippen molar-refractivity contribution in [3.05, 3.63) is 53.4 Å². The predicted molar refractivity (Wildman–Crippen MR) is 108 cm³/mol. The van der Waals surface area contributed by atoms with Crippen molar-refractivity contribution >= 4 is 32.2 Å². The van der Waals surface area contributed by atoms with Crippen molar-refractivity contribution in [1.29, 1.82) is 0 Å². The van der Waals surface area contributed by atoms with Crippen LogP contribution in [0.3, 0.4) is 0 Å². The molecule has 3 rings (SSSR count). The number of thiazole rings is 1. The molecule has 0 radical (unpaired) electrons. The summed E-state index contributed by atoms with van der Waals surface area (Å²) < 4.78 is 34.4. The van der Waals surface area contributed by atoms with Gasteiger partial charge in [0.15, 0.2) is 15.0 Å². The second kappa shape index (κ2) is 7.99. The summed E-state index contributed by atoms with van der Waals surface area (Å²) in [6.07, 6.45) is 1.07. The number of hydrogen-bond acceptors (Lipinski definition) is 7. The molecule has 0 fully saturated rings. The molecule has 9 heteroatoms. The first kappa shape index (κ1) is 19.8. The van der Waals surface area contributed by atoms with Crippen molar-refractivity contribution in [2.45, 2.75) is 4.90 Å². The van der Waals surface area contributed by atoms with Gasteiger partial charge in [0.25, 0.3) is 5.91 Å². The van der Waals surface area contributed by atoms with Crippen LogP contribution in [0.1, 0.15) is 10.4 Å². The average Bonchev–Trinajstić information content (AvgIpc) is 3.15. The lowest BCUT2D eigenvalue weighted by Crippen LogP contribution is -2.15. The minimum atomic E-state index is -3.53. The molecule has 0 aliphatic rings. The van der Waals surface area contributed by atoms with E-state index in [-0.39, 0.29) is 10.5 Å². The molecule has 2 aromatic carbocycles. The summed E-state index contributed by atoms with van der Waals surface area (Å²) in [5, 5.41) is 4.77. The zero-order chi connectivity index (χ0) is 20.3. The van der Waals surface area contributed by atoms with E-state index in [0.717, 1.165) is 11.8 Å². The van der Waals surface area contributed by atoms with Gasteiger partial charge >= 0.3 is 0 Å². The monoisotopic (exact) mass is 418 g/mol. The largest absolute Gasteiger partial charge is 0.497 e. The first-order valence-corrected chi connectivity index (χ1v) is 10.9. The summed E-state index contributed by atoms with van der Waals surface area (Å²) in [4.78, 5) is 17.0. The fourth-order valence-corrected chi connectivity index (χ4v) is 4.20. The average molecular weight is 418 g/mol. The maximum absolute atomic E-state index is 12.6. The van der Waals surface area contributed by atoms with Gasteiger partial charge in [-0.1, -0.05) is 12.1 Å². The van der Waals surface area contributed by atoms with Gasteiger partial charge in [-0.05, 0) is 30.3 Å². The van der Waals surface area contributed by atoms with Crippen LogP contribution >= 0.6 is 11.3 Å². The second-order valence-corrected chi connectivity index (χ2v) is 8.67. The van der Waals surface area contributed by atoms with Gasteiger partial charge in [-0.2, -0.15) is 0 Å². The molecule has 0 aliphatic carbocycles. The fourth-order valence-electron chi connectivity index (χ4n) is 2.61. The third kappa shape index (κ3) is 4.15. The Morgan fingerprint density at radius 2 is 1.86 bits per heavy atom. The third-order valence-corrected chi connectivity index (χ3v) is 5.85. The summed E-state index contributed by atoms with van der Waals surface area (Å²) in [5.74, 6) is 0.724. The van der Waals surface area contributed by atoms with Gasteiger partial charge in [0.05, 0.1) is 30.4 Å². The van der Waals surface area contributed by atoms with Crippen molar-refractivity contribution in [2.75, 3.05) is 25.8 Å². The lowest BCUT2D eigenvalue weighted by atomic mass is 10.1. The highest BCUT2D eigenvalue weighted by atomic mass is 32.2. The van der Waals surface area contributed by atoms with Gasteiger partial charge in [-0.25, -0.2) is 13.4 Å². The maximum atomic E-state index is 12.6. The van der Waals surface area contributed by atoms with Crippen molar-refractivity contribution in [3.63, 3.8) is 0 Å². The smallest absolute Gasteiger partial charge is 0.258 e. The minimum absolute atomic E-state index is 0.0289. The third-order valence-electron chi connectivity index (χ3n) is 3.94. The van der Waals surface area contributed by atoms with Crippen LogP contribution in [0.25, 0.3) is 11.3 Å². The number of carbonyl (C=O) groups excluding carboxylic acids is 1. The van der Waals surface area contributed by atoms with Crippen molar-refractivity contribution < 1.29 is 22.7 Å². The molecule has 28 heavy (non-hydrogen) atoms. The number of anilines is 1. The van der Waals surface area contributed by atoms with Crippen LogP contribution in [0.5, 0.6) is 11.5 Å². The molecule has 0 aliphatic heterocycles. The second-order valence-electron chi connectivity index (χ2n) is 5.83. The quantitative estimate of drug-likeness (QED) is 0.659. The molecule has 1 aromatic heterocycles. The van der Waals surface area contributed by atoms with Crippen LogP contribution in [-0.2, 0) is 9.84 Å². The number of hydrogen-bond donors (Lipinski definition) is 1. The number of amides is 1. The Bertz CT molecular complexity index is 1120. The van der Waals surface area contributed by atoms with Gasteiger partial charge in [0.1, 0.15) is 11.5 Å². The normalized spacial score (nSPS) is 11.1. The number of sulfone groups is 1. The van der Waals surface area contributed by atoms with Crippen LogP contribution in [0, 0.1) is 0 Å². The Labute approximate surface area is 166 Å². The number of aromatic nitrogens is 1. The number of nitrogens with one attached hydrogen (secondary N) is 1. The van der Waals surface area contributed by atoms with Crippen molar-refractivity contribution in [1.82, 2.24) is 4.98 Å². The first-order valence-electron chi connectivity index (χ1n) is 8.12. The van der Waals surface area contributed by atoms with E-state index in [4.69, 9.17) is 9.47 Å². The number of rotatable bonds is 6.